The molecule has 0 heterocycles. The molecule has 0 saturated carbocycles. The van der Waals surface area contributed by atoms with Crippen LogP contribution in [0.15, 0.2) is 12.1 Å². The minimum atomic E-state index is -0.227. The summed E-state index contributed by atoms with van der Waals surface area (Å²) >= 11 is 0. The van der Waals surface area contributed by atoms with Gasteiger partial charge in [-0.15, -0.1) is 0 Å². The Balaban J connectivity index is 3.15. The van der Waals surface area contributed by atoms with Crippen LogP contribution in [0, 0.1) is 24.7 Å². The standard InChI is InChI=1S/C13H21N5/c1-5-10-7-8(2)6-9(3)11(10)18(4)13(16)17-12(14)15/h6-7H,5H2,1-4H3,(H5,14,15,16,17). The predicted molar refractivity (Wildman–Crippen MR) is 76.5 cm³/mol. The van der Waals surface area contributed by atoms with Gasteiger partial charge in [0.15, 0.2) is 5.96 Å². The summed E-state index contributed by atoms with van der Waals surface area (Å²) < 4.78 is 0. The summed E-state index contributed by atoms with van der Waals surface area (Å²) in [6.07, 6.45) is 0.898. The van der Waals surface area contributed by atoms with E-state index in [9.17, 15) is 0 Å². The quantitative estimate of drug-likeness (QED) is 0.474. The molecule has 0 atom stereocenters. The zero-order valence-corrected chi connectivity index (χ0v) is 11.4. The first-order chi connectivity index (χ1) is 8.36. The van der Waals surface area contributed by atoms with E-state index in [0.29, 0.717) is 0 Å². The molecule has 0 radical (unpaired) electrons. The second kappa shape index (κ2) is 5.53. The molecule has 0 amide bonds. The van der Waals surface area contributed by atoms with Crippen LogP contribution in [0.1, 0.15) is 23.6 Å². The van der Waals surface area contributed by atoms with Crippen LogP contribution in [0.5, 0.6) is 0 Å². The molecule has 0 aliphatic carbocycles. The molecule has 0 spiro atoms. The number of nitrogens with zero attached hydrogens (tertiary/aromatic N) is 1. The molecular formula is C13H21N5. The highest BCUT2D eigenvalue weighted by molar-refractivity contribution is 6.04. The summed E-state index contributed by atoms with van der Waals surface area (Å²) in [4.78, 5) is 1.72. The fourth-order valence-electron chi connectivity index (χ4n) is 2.12. The summed E-state index contributed by atoms with van der Waals surface area (Å²) in [7, 11) is 1.80. The number of benzene rings is 1. The summed E-state index contributed by atoms with van der Waals surface area (Å²) in [6.45, 7) is 6.18. The average molecular weight is 247 g/mol. The van der Waals surface area contributed by atoms with Crippen molar-refractivity contribution in [3.63, 3.8) is 0 Å². The summed E-state index contributed by atoms with van der Waals surface area (Å²) in [5, 5.41) is 17.5. The Bertz CT molecular complexity index is 479. The zero-order chi connectivity index (χ0) is 13.9. The lowest BCUT2D eigenvalue weighted by atomic mass is 10.0. The Kier molecular flexibility index (Phi) is 4.31. The first-order valence-electron chi connectivity index (χ1n) is 5.90. The first kappa shape index (κ1) is 14.0. The van der Waals surface area contributed by atoms with Crippen LogP contribution >= 0.6 is 0 Å². The van der Waals surface area contributed by atoms with Crippen molar-refractivity contribution in [2.24, 2.45) is 5.73 Å². The molecule has 0 unspecified atom stereocenters. The first-order valence-corrected chi connectivity index (χ1v) is 5.90. The van der Waals surface area contributed by atoms with Crippen LogP contribution in [-0.2, 0) is 6.42 Å². The molecule has 5 nitrogen and oxygen atoms in total. The Morgan fingerprint density at radius 3 is 2.44 bits per heavy atom. The van der Waals surface area contributed by atoms with Crippen LogP contribution in [0.4, 0.5) is 5.69 Å². The van der Waals surface area contributed by atoms with E-state index in [1.54, 1.807) is 11.9 Å². The van der Waals surface area contributed by atoms with Gasteiger partial charge in [-0.1, -0.05) is 24.6 Å². The fourth-order valence-corrected chi connectivity index (χ4v) is 2.12. The Morgan fingerprint density at radius 1 is 1.33 bits per heavy atom. The molecule has 98 valence electrons. The van der Waals surface area contributed by atoms with Gasteiger partial charge >= 0.3 is 0 Å². The van der Waals surface area contributed by atoms with Gasteiger partial charge in [0.2, 0.25) is 5.96 Å². The van der Waals surface area contributed by atoms with Gasteiger partial charge in [0, 0.05) is 12.7 Å². The van der Waals surface area contributed by atoms with Crippen molar-refractivity contribution >= 4 is 17.6 Å². The average Bonchev–Trinajstić information content (AvgIpc) is 2.26. The van der Waals surface area contributed by atoms with Crippen molar-refractivity contribution in [2.45, 2.75) is 27.2 Å². The van der Waals surface area contributed by atoms with Gasteiger partial charge in [-0.2, -0.15) is 0 Å². The number of hydrogen-bond donors (Lipinski definition) is 4. The number of rotatable bonds is 2. The molecule has 0 aliphatic rings. The molecule has 0 aliphatic heterocycles. The number of nitrogens with one attached hydrogen (secondary N) is 3. The van der Waals surface area contributed by atoms with Gasteiger partial charge in [0.25, 0.3) is 0 Å². The molecule has 1 rings (SSSR count). The van der Waals surface area contributed by atoms with Crippen molar-refractivity contribution < 1.29 is 0 Å². The molecule has 5 N–H and O–H groups in total. The predicted octanol–water partition coefficient (Wildman–Crippen LogP) is 1.72. The van der Waals surface area contributed by atoms with E-state index in [4.69, 9.17) is 16.6 Å². The molecule has 0 fully saturated rings. The van der Waals surface area contributed by atoms with Crippen molar-refractivity contribution in [1.82, 2.24) is 5.32 Å². The van der Waals surface area contributed by atoms with Gasteiger partial charge in [0.05, 0.1) is 0 Å². The monoisotopic (exact) mass is 247 g/mol. The van der Waals surface area contributed by atoms with Crippen molar-refractivity contribution in [3.8, 4) is 0 Å². The largest absolute Gasteiger partial charge is 0.370 e. The maximum Gasteiger partial charge on any atom is 0.202 e. The van der Waals surface area contributed by atoms with Crippen molar-refractivity contribution in [2.75, 3.05) is 11.9 Å². The van der Waals surface area contributed by atoms with Crippen LogP contribution in [0.2, 0.25) is 0 Å². The van der Waals surface area contributed by atoms with E-state index in [2.05, 4.69) is 31.3 Å². The maximum absolute atomic E-state index is 7.88. The number of guanidine groups is 2. The second-order valence-electron chi connectivity index (χ2n) is 4.39. The Labute approximate surface area is 108 Å². The minimum Gasteiger partial charge on any atom is -0.370 e. The molecule has 5 heteroatoms. The van der Waals surface area contributed by atoms with Gasteiger partial charge in [0.1, 0.15) is 0 Å². The van der Waals surface area contributed by atoms with Gasteiger partial charge in [-0.3, -0.25) is 16.1 Å². The molecule has 18 heavy (non-hydrogen) atoms. The van der Waals surface area contributed by atoms with Gasteiger partial charge < -0.3 is 10.6 Å². The van der Waals surface area contributed by atoms with E-state index >= 15 is 0 Å². The highest BCUT2D eigenvalue weighted by atomic mass is 15.3. The lowest BCUT2D eigenvalue weighted by Gasteiger charge is -2.25. The van der Waals surface area contributed by atoms with Crippen LogP contribution in [0.3, 0.4) is 0 Å². The fraction of sp³-hybridized carbons (Fsp3) is 0.385. The van der Waals surface area contributed by atoms with Crippen LogP contribution in [0.25, 0.3) is 0 Å². The lowest BCUT2D eigenvalue weighted by Crippen LogP contribution is -2.44. The smallest absolute Gasteiger partial charge is 0.202 e. The molecule has 1 aromatic rings. The third-order valence-corrected chi connectivity index (χ3v) is 2.83. The lowest BCUT2D eigenvalue weighted by molar-refractivity contribution is 1.05. The Morgan fingerprint density at radius 2 is 1.94 bits per heavy atom. The minimum absolute atomic E-state index is 0.101. The summed E-state index contributed by atoms with van der Waals surface area (Å²) in [5.74, 6) is -0.126. The molecule has 0 bridgehead atoms. The highest BCUT2D eigenvalue weighted by Gasteiger charge is 2.14. The number of hydrogen-bond acceptors (Lipinski definition) is 2. The molecule has 0 saturated heterocycles. The number of aryl methyl sites for hydroxylation is 3. The SMILES string of the molecule is CCc1cc(C)cc(C)c1N(C)C(=N)NC(=N)N. The van der Waals surface area contributed by atoms with Crippen LogP contribution < -0.4 is 16.0 Å². The third kappa shape index (κ3) is 3.00. The number of anilines is 1. The molecule has 0 aromatic heterocycles. The summed E-state index contributed by atoms with van der Waals surface area (Å²) in [6, 6.07) is 4.21. The van der Waals surface area contributed by atoms with E-state index in [1.165, 1.54) is 11.1 Å². The molecule has 1 aromatic carbocycles. The van der Waals surface area contributed by atoms with Crippen molar-refractivity contribution in [1.29, 1.82) is 10.8 Å². The highest BCUT2D eigenvalue weighted by Crippen LogP contribution is 2.26. The topological polar surface area (TPSA) is 89.0 Å². The second-order valence-corrected chi connectivity index (χ2v) is 4.39. The van der Waals surface area contributed by atoms with Crippen LogP contribution in [-0.4, -0.2) is 19.0 Å². The van der Waals surface area contributed by atoms with E-state index in [0.717, 1.165) is 17.7 Å². The summed E-state index contributed by atoms with van der Waals surface area (Å²) in [5.41, 5.74) is 9.76. The van der Waals surface area contributed by atoms with Gasteiger partial charge in [-0.25, -0.2) is 0 Å². The third-order valence-electron chi connectivity index (χ3n) is 2.83. The molecular weight excluding hydrogens is 226 g/mol. The number of nitrogens with two attached hydrogens (primary N) is 1. The normalized spacial score (nSPS) is 10.0. The van der Waals surface area contributed by atoms with Gasteiger partial charge in [-0.05, 0) is 31.4 Å². The van der Waals surface area contributed by atoms with E-state index in [1.807, 2.05) is 6.92 Å². The zero-order valence-electron chi connectivity index (χ0n) is 11.4. The van der Waals surface area contributed by atoms with E-state index in [-0.39, 0.29) is 11.9 Å². The van der Waals surface area contributed by atoms with Crippen molar-refractivity contribution in [3.05, 3.63) is 28.8 Å². The Hall–Kier alpha value is -2.04. The van der Waals surface area contributed by atoms with E-state index < -0.39 is 0 Å². The maximum atomic E-state index is 7.88.